The minimum absolute atomic E-state index is 0.0808. The summed E-state index contributed by atoms with van der Waals surface area (Å²) >= 11 is 0. The maximum atomic E-state index is 12.4. The predicted octanol–water partition coefficient (Wildman–Crippen LogP) is 6.22. The molecule has 1 fully saturated rings. The quantitative estimate of drug-likeness (QED) is 0.453. The molecular weight excluding hydrogens is 374 g/mol. The zero-order chi connectivity index (χ0) is 22.4. The molecule has 0 aromatic heterocycles. The Kier molecular flexibility index (Phi) is 8.78. The van der Waals surface area contributed by atoms with Crippen molar-refractivity contribution in [2.75, 3.05) is 13.2 Å². The van der Waals surface area contributed by atoms with Gasteiger partial charge in [-0.05, 0) is 82.4 Å². The maximum absolute atomic E-state index is 12.4. The van der Waals surface area contributed by atoms with Crippen molar-refractivity contribution in [1.82, 2.24) is 4.90 Å². The minimum Gasteiger partial charge on any atom is -0.491 e. The van der Waals surface area contributed by atoms with Crippen molar-refractivity contribution in [3.8, 4) is 5.75 Å². The standard InChI is InChI=1S/C26H43NO3/c1-20(2)12-13-26(15-17-29-25(6,7)19-26)14-16-27(22(5)28)18-23-8-10-24(11-9-23)30-21(3)4/h8-11,20-21H,12-19H2,1-7H3. The number of ether oxygens (including phenoxy) is 2. The van der Waals surface area contributed by atoms with E-state index in [1.54, 1.807) is 6.92 Å². The first-order valence-electron chi connectivity index (χ1n) is 11.7. The van der Waals surface area contributed by atoms with E-state index in [1.807, 2.05) is 30.9 Å². The zero-order valence-corrected chi connectivity index (χ0v) is 20.3. The van der Waals surface area contributed by atoms with Crippen LogP contribution in [-0.2, 0) is 16.1 Å². The van der Waals surface area contributed by atoms with Gasteiger partial charge in [-0.15, -0.1) is 0 Å². The van der Waals surface area contributed by atoms with E-state index < -0.39 is 0 Å². The lowest BCUT2D eigenvalue weighted by Crippen LogP contribution is -2.43. The molecule has 1 unspecified atom stereocenters. The summed E-state index contributed by atoms with van der Waals surface area (Å²) in [5.74, 6) is 1.71. The van der Waals surface area contributed by atoms with Crippen molar-refractivity contribution < 1.29 is 14.3 Å². The van der Waals surface area contributed by atoms with Crippen LogP contribution in [0.4, 0.5) is 0 Å². The molecule has 1 aromatic rings. The molecule has 0 bridgehead atoms. The first-order chi connectivity index (χ1) is 14.0. The van der Waals surface area contributed by atoms with Gasteiger partial charge in [-0.3, -0.25) is 4.79 Å². The van der Waals surface area contributed by atoms with Gasteiger partial charge >= 0.3 is 0 Å². The average Bonchev–Trinajstić information content (AvgIpc) is 2.63. The Balaban J connectivity index is 2.05. The van der Waals surface area contributed by atoms with E-state index in [-0.39, 0.29) is 23.0 Å². The first-order valence-corrected chi connectivity index (χ1v) is 11.7. The molecule has 0 radical (unpaired) electrons. The Labute approximate surface area is 184 Å². The van der Waals surface area contributed by atoms with Crippen LogP contribution >= 0.6 is 0 Å². The third kappa shape index (κ3) is 7.94. The molecule has 1 atom stereocenters. The summed E-state index contributed by atoms with van der Waals surface area (Å²) in [6, 6.07) is 8.14. The minimum atomic E-state index is -0.0808. The van der Waals surface area contributed by atoms with Crippen LogP contribution < -0.4 is 4.74 Å². The molecule has 1 aliphatic rings. The molecule has 30 heavy (non-hydrogen) atoms. The normalized spacial score (nSPS) is 21.1. The number of amides is 1. The third-order valence-electron chi connectivity index (χ3n) is 6.20. The summed E-state index contributed by atoms with van der Waals surface area (Å²) in [6.07, 6.45) is 5.81. The smallest absolute Gasteiger partial charge is 0.219 e. The number of nitrogens with zero attached hydrogens (tertiary/aromatic N) is 1. The number of benzene rings is 1. The Hall–Kier alpha value is -1.55. The van der Waals surface area contributed by atoms with Crippen LogP contribution in [0.25, 0.3) is 0 Å². The Morgan fingerprint density at radius 2 is 1.80 bits per heavy atom. The summed E-state index contributed by atoms with van der Waals surface area (Å²) < 4.78 is 11.8. The topological polar surface area (TPSA) is 38.8 Å². The molecule has 1 aliphatic heterocycles. The highest BCUT2D eigenvalue weighted by Gasteiger charge is 2.40. The highest BCUT2D eigenvalue weighted by atomic mass is 16.5. The molecule has 170 valence electrons. The van der Waals surface area contributed by atoms with Crippen molar-refractivity contribution in [3.63, 3.8) is 0 Å². The molecule has 4 nitrogen and oxygen atoms in total. The van der Waals surface area contributed by atoms with Gasteiger partial charge < -0.3 is 14.4 Å². The van der Waals surface area contributed by atoms with E-state index >= 15 is 0 Å². The van der Waals surface area contributed by atoms with E-state index in [2.05, 4.69) is 39.8 Å². The lowest BCUT2D eigenvalue weighted by molar-refractivity contribution is -0.132. The molecule has 0 spiro atoms. The van der Waals surface area contributed by atoms with Crippen molar-refractivity contribution in [2.45, 2.75) is 98.8 Å². The number of carbonyl (C=O) groups is 1. The van der Waals surface area contributed by atoms with Crippen LogP contribution in [0.3, 0.4) is 0 Å². The fourth-order valence-corrected chi connectivity index (χ4v) is 4.62. The van der Waals surface area contributed by atoms with Crippen molar-refractivity contribution in [2.24, 2.45) is 11.3 Å². The Morgan fingerprint density at radius 3 is 2.33 bits per heavy atom. The van der Waals surface area contributed by atoms with Crippen molar-refractivity contribution in [3.05, 3.63) is 29.8 Å². The fourth-order valence-electron chi connectivity index (χ4n) is 4.62. The van der Waals surface area contributed by atoms with E-state index in [0.717, 1.165) is 43.7 Å². The summed E-state index contributed by atoms with van der Waals surface area (Å²) in [5, 5.41) is 0. The second-order valence-corrected chi connectivity index (χ2v) is 10.5. The zero-order valence-electron chi connectivity index (χ0n) is 20.3. The Morgan fingerprint density at radius 1 is 1.13 bits per heavy atom. The van der Waals surface area contributed by atoms with Gasteiger partial charge in [0.1, 0.15) is 5.75 Å². The molecule has 1 heterocycles. The Bertz CT molecular complexity index is 665. The molecule has 4 heteroatoms. The van der Waals surface area contributed by atoms with Crippen LogP contribution in [0.15, 0.2) is 24.3 Å². The second kappa shape index (κ2) is 10.7. The van der Waals surface area contributed by atoms with Crippen LogP contribution in [0.1, 0.15) is 86.1 Å². The molecule has 1 saturated heterocycles. The van der Waals surface area contributed by atoms with Gasteiger partial charge in [-0.1, -0.05) is 32.4 Å². The van der Waals surface area contributed by atoms with Gasteiger partial charge in [0.25, 0.3) is 0 Å². The van der Waals surface area contributed by atoms with E-state index in [0.29, 0.717) is 12.5 Å². The van der Waals surface area contributed by atoms with Crippen LogP contribution in [0.2, 0.25) is 0 Å². The lowest BCUT2D eigenvalue weighted by atomic mass is 9.68. The molecule has 0 saturated carbocycles. The molecule has 0 N–H and O–H groups in total. The van der Waals surface area contributed by atoms with Gasteiger partial charge in [0.2, 0.25) is 5.91 Å². The molecular formula is C26H43NO3. The number of hydrogen-bond donors (Lipinski definition) is 0. The van der Waals surface area contributed by atoms with E-state index in [1.165, 1.54) is 12.8 Å². The summed E-state index contributed by atoms with van der Waals surface area (Å²) in [4.78, 5) is 14.4. The van der Waals surface area contributed by atoms with Gasteiger partial charge in [-0.2, -0.15) is 0 Å². The average molecular weight is 418 g/mol. The first kappa shape index (κ1) is 24.7. The van der Waals surface area contributed by atoms with Crippen LogP contribution in [-0.4, -0.2) is 35.7 Å². The summed E-state index contributed by atoms with van der Waals surface area (Å²) in [6.45, 7) is 17.0. The van der Waals surface area contributed by atoms with Crippen molar-refractivity contribution >= 4 is 5.91 Å². The molecule has 1 amide bonds. The molecule has 0 aliphatic carbocycles. The van der Waals surface area contributed by atoms with Gasteiger partial charge in [-0.25, -0.2) is 0 Å². The monoisotopic (exact) mass is 417 g/mol. The third-order valence-corrected chi connectivity index (χ3v) is 6.20. The largest absolute Gasteiger partial charge is 0.491 e. The summed E-state index contributed by atoms with van der Waals surface area (Å²) in [7, 11) is 0. The lowest BCUT2D eigenvalue weighted by Gasteiger charge is -2.46. The van der Waals surface area contributed by atoms with Gasteiger partial charge in [0.15, 0.2) is 0 Å². The van der Waals surface area contributed by atoms with Gasteiger partial charge in [0.05, 0.1) is 11.7 Å². The van der Waals surface area contributed by atoms with Crippen LogP contribution in [0.5, 0.6) is 5.75 Å². The highest BCUT2D eigenvalue weighted by molar-refractivity contribution is 5.73. The highest BCUT2D eigenvalue weighted by Crippen LogP contribution is 2.45. The van der Waals surface area contributed by atoms with Crippen LogP contribution in [0, 0.1) is 11.3 Å². The van der Waals surface area contributed by atoms with Crippen molar-refractivity contribution in [1.29, 1.82) is 0 Å². The number of rotatable bonds is 10. The SMILES string of the molecule is CC(=O)N(CCC1(CCC(C)C)CCOC(C)(C)C1)Cc1ccc(OC(C)C)cc1. The van der Waals surface area contributed by atoms with E-state index in [4.69, 9.17) is 9.47 Å². The molecule has 1 aromatic carbocycles. The predicted molar refractivity (Wildman–Crippen MR) is 124 cm³/mol. The molecule has 2 rings (SSSR count). The second-order valence-electron chi connectivity index (χ2n) is 10.5. The number of carbonyl (C=O) groups excluding carboxylic acids is 1. The summed E-state index contributed by atoms with van der Waals surface area (Å²) in [5.41, 5.74) is 1.32. The maximum Gasteiger partial charge on any atom is 0.219 e. The van der Waals surface area contributed by atoms with E-state index in [9.17, 15) is 4.79 Å². The van der Waals surface area contributed by atoms with Gasteiger partial charge in [0, 0.05) is 26.6 Å². The fraction of sp³-hybridized carbons (Fsp3) is 0.731. The number of hydrogen-bond acceptors (Lipinski definition) is 3.